The molecule has 1 aliphatic rings. The first kappa shape index (κ1) is 17.1. The molecule has 1 saturated heterocycles. The Kier molecular flexibility index (Phi) is 5.42. The summed E-state index contributed by atoms with van der Waals surface area (Å²) < 4.78 is 1.94. The second-order valence-electron chi connectivity index (χ2n) is 6.26. The van der Waals surface area contributed by atoms with Gasteiger partial charge in [-0.15, -0.1) is 10.2 Å². The third-order valence-corrected chi connectivity index (χ3v) is 4.56. The molecule has 0 bridgehead atoms. The van der Waals surface area contributed by atoms with Gasteiger partial charge >= 0.3 is 0 Å². The zero-order valence-corrected chi connectivity index (χ0v) is 14.4. The first-order chi connectivity index (χ1) is 12.1. The minimum Gasteiger partial charge on any atom is -0.347 e. The summed E-state index contributed by atoms with van der Waals surface area (Å²) in [6, 6.07) is 9.75. The van der Waals surface area contributed by atoms with Crippen LogP contribution in [0.3, 0.4) is 0 Å². The van der Waals surface area contributed by atoms with E-state index in [1.54, 1.807) is 18.2 Å². The number of carbonyl (C=O) groups excluding carboxylic acids is 2. The normalized spacial score (nSPS) is 15.4. The molecule has 1 unspecified atom stereocenters. The number of nitrogens with zero attached hydrogens (tertiary/aromatic N) is 4. The monoisotopic (exact) mass is 341 g/mol. The molecular formula is C18H23N5O2. The van der Waals surface area contributed by atoms with E-state index in [-0.39, 0.29) is 11.8 Å². The Hall–Kier alpha value is -2.70. The SMILES string of the molecule is CC(C(=O)NCc1nncn1CCc1ccccc1)N1CCCC1=O. The van der Waals surface area contributed by atoms with Gasteiger partial charge in [-0.05, 0) is 25.3 Å². The Morgan fingerprint density at radius 1 is 1.32 bits per heavy atom. The van der Waals surface area contributed by atoms with Crippen LogP contribution in [0.1, 0.15) is 31.2 Å². The molecule has 1 aromatic heterocycles. The highest BCUT2D eigenvalue weighted by Gasteiger charge is 2.29. The van der Waals surface area contributed by atoms with Gasteiger partial charge in [0.2, 0.25) is 11.8 Å². The Labute approximate surface area is 147 Å². The maximum Gasteiger partial charge on any atom is 0.242 e. The fourth-order valence-corrected chi connectivity index (χ4v) is 3.03. The molecule has 0 radical (unpaired) electrons. The van der Waals surface area contributed by atoms with E-state index < -0.39 is 6.04 Å². The van der Waals surface area contributed by atoms with Gasteiger partial charge in [-0.1, -0.05) is 30.3 Å². The summed E-state index contributed by atoms with van der Waals surface area (Å²) in [5.74, 6) is 0.603. The molecule has 0 spiro atoms. The van der Waals surface area contributed by atoms with Crippen LogP contribution in [0.15, 0.2) is 36.7 Å². The third-order valence-electron chi connectivity index (χ3n) is 4.56. The van der Waals surface area contributed by atoms with Gasteiger partial charge in [0.1, 0.15) is 12.4 Å². The molecule has 3 rings (SSSR count). The molecule has 1 aromatic carbocycles. The Bertz CT molecular complexity index is 728. The quantitative estimate of drug-likeness (QED) is 0.819. The number of rotatable bonds is 7. The lowest BCUT2D eigenvalue weighted by Crippen LogP contribution is -2.45. The van der Waals surface area contributed by atoms with E-state index in [9.17, 15) is 9.59 Å². The summed E-state index contributed by atoms with van der Waals surface area (Å²) >= 11 is 0. The zero-order chi connectivity index (χ0) is 17.6. The van der Waals surface area contributed by atoms with Crippen molar-refractivity contribution in [3.8, 4) is 0 Å². The average Bonchev–Trinajstić information content (AvgIpc) is 3.26. The Morgan fingerprint density at radius 2 is 2.12 bits per heavy atom. The van der Waals surface area contributed by atoms with Crippen molar-refractivity contribution >= 4 is 11.8 Å². The van der Waals surface area contributed by atoms with Crippen molar-refractivity contribution < 1.29 is 9.59 Å². The largest absolute Gasteiger partial charge is 0.347 e. The lowest BCUT2D eigenvalue weighted by Gasteiger charge is -2.23. The van der Waals surface area contributed by atoms with Gasteiger partial charge in [0.05, 0.1) is 6.54 Å². The molecule has 0 saturated carbocycles. The summed E-state index contributed by atoms with van der Waals surface area (Å²) in [6.45, 7) is 3.47. The molecule has 7 nitrogen and oxygen atoms in total. The Balaban J connectivity index is 1.52. The van der Waals surface area contributed by atoms with Crippen LogP contribution in [0.2, 0.25) is 0 Å². The molecule has 25 heavy (non-hydrogen) atoms. The van der Waals surface area contributed by atoms with E-state index in [2.05, 4.69) is 27.6 Å². The van der Waals surface area contributed by atoms with Crippen LogP contribution in [0.4, 0.5) is 0 Å². The first-order valence-electron chi connectivity index (χ1n) is 8.63. The first-order valence-corrected chi connectivity index (χ1v) is 8.63. The smallest absolute Gasteiger partial charge is 0.242 e. The van der Waals surface area contributed by atoms with Gasteiger partial charge in [0.15, 0.2) is 5.82 Å². The molecule has 2 amide bonds. The lowest BCUT2D eigenvalue weighted by molar-refractivity contribution is -0.136. The standard InChI is InChI=1S/C18H23N5O2/c1-14(23-10-5-8-17(23)24)18(25)19-12-16-21-20-13-22(16)11-9-15-6-3-2-4-7-15/h2-4,6-7,13-14H,5,8-12H2,1H3,(H,19,25). The predicted molar refractivity (Wildman–Crippen MR) is 92.4 cm³/mol. The molecule has 1 N–H and O–H groups in total. The third kappa shape index (κ3) is 4.23. The number of likely N-dealkylation sites (tertiary alicyclic amines) is 1. The van der Waals surface area contributed by atoms with Gasteiger partial charge in [-0.3, -0.25) is 9.59 Å². The van der Waals surface area contributed by atoms with E-state index in [0.717, 1.165) is 19.4 Å². The van der Waals surface area contributed by atoms with E-state index in [0.29, 0.717) is 25.3 Å². The number of hydrogen-bond acceptors (Lipinski definition) is 4. The van der Waals surface area contributed by atoms with Gasteiger partial charge in [0.25, 0.3) is 0 Å². The second kappa shape index (κ2) is 7.92. The molecule has 1 atom stereocenters. The fourth-order valence-electron chi connectivity index (χ4n) is 3.03. The van der Waals surface area contributed by atoms with Crippen LogP contribution < -0.4 is 5.32 Å². The molecule has 7 heteroatoms. The van der Waals surface area contributed by atoms with Crippen LogP contribution in [-0.4, -0.2) is 44.1 Å². The van der Waals surface area contributed by atoms with Crippen molar-refractivity contribution in [3.63, 3.8) is 0 Å². The zero-order valence-electron chi connectivity index (χ0n) is 14.4. The van der Waals surface area contributed by atoms with Crippen molar-refractivity contribution in [2.75, 3.05) is 6.54 Å². The van der Waals surface area contributed by atoms with Gasteiger partial charge in [-0.25, -0.2) is 0 Å². The topological polar surface area (TPSA) is 80.1 Å². The molecule has 0 aliphatic carbocycles. The van der Waals surface area contributed by atoms with Crippen molar-refractivity contribution in [1.82, 2.24) is 25.0 Å². The Morgan fingerprint density at radius 3 is 2.84 bits per heavy atom. The van der Waals surface area contributed by atoms with Crippen LogP contribution in [0.25, 0.3) is 0 Å². The van der Waals surface area contributed by atoms with Crippen LogP contribution in [0, 0.1) is 0 Å². The summed E-state index contributed by atoms with van der Waals surface area (Å²) in [4.78, 5) is 25.7. The summed E-state index contributed by atoms with van der Waals surface area (Å²) in [7, 11) is 0. The molecule has 132 valence electrons. The van der Waals surface area contributed by atoms with Crippen molar-refractivity contribution in [2.24, 2.45) is 0 Å². The van der Waals surface area contributed by atoms with Crippen molar-refractivity contribution in [2.45, 2.75) is 45.3 Å². The second-order valence-corrected chi connectivity index (χ2v) is 6.26. The minimum absolute atomic E-state index is 0.0497. The molecule has 2 heterocycles. The highest BCUT2D eigenvalue weighted by Crippen LogP contribution is 2.13. The summed E-state index contributed by atoms with van der Waals surface area (Å²) in [5, 5.41) is 10.9. The number of hydrogen-bond donors (Lipinski definition) is 1. The number of nitrogens with one attached hydrogen (secondary N) is 1. The van der Waals surface area contributed by atoms with E-state index >= 15 is 0 Å². The highest BCUT2D eigenvalue weighted by molar-refractivity contribution is 5.88. The maximum absolute atomic E-state index is 12.3. The number of amides is 2. The van der Waals surface area contributed by atoms with Crippen molar-refractivity contribution in [1.29, 1.82) is 0 Å². The minimum atomic E-state index is -0.448. The highest BCUT2D eigenvalue weighted by atomic mass is 16.2. The van der Waals surface area contributed by atoms with Gasteiger partial charge in [0, 0.05) is 19.5 Å². The van der Waals surface area contributed by atoms with E-state index in [1.165, 1.54) is 5.56 Å². The average molecular weight is 341 g/mol. The number of benzene rings is 1. The van der Waals surface area contributed by atoms with Crippen LogP contribution in [0.5, 0.6) is 0 Å². The lowest BCUT2D eigenvalue weighted by atomic mass is 10.1. The maximum atomic E-state index is 12.3. The van der Waals surface area contributed by atoms with Crippen LogP contribution >= 0.6 is 0 Å². The van der Waals surface area contributed by atoms with Gasteiger partial charge in [-0.2, -0.15) is 0 Å². The van der Waals surface area contributed by atoms with Gasteiger partial charge < -0.3 is 14.8 Å². The number of aryl methyl sites for hydroxylation is 2. The van der Waals surface area contributed by atoms with E-state index in [1.807, 2.05) is 22.8 Å². The number of carbonyl (C=O) groups is 2. The number of aromatic nitrogens is 3. The molecule has 1 fully saturated rings. The molecule has 2 aromatic rings. The summed E-state index contributed by atoms with van der Waals surface area (Å²) in [5.41, 5.74) is 1.24. The van der Waals surface area contributed by atoms with Crippen molar-refractivity contribution in [3.05, 3.63) is 48.0 Å². The fraction of sp³-hybridized carbons (Fsp3) is 0.444. The van der Waals surface area contributed by atoms with Crippen LogP contribution in [-0.2, 0) is 29.1 Å². The van der Waals surface area contributed by atoms with E-state index in [4.69, 9.17) is 0 Å². The molecular weight excluding hydrogens is 318 g/mol. The summed E-state index contributed by atoms with van der Waals surface area (Å²) in [6.07, 6.45) is 3.91. The molecule has 1 aliphatic heterocycles. The predicted octanol–water partition coefficient (Wildman–Crippen LogP) is 1.15.